The van der Waals surface area contributed by atoms with Gasteiger partial charge in [0, 0.05) is 18.1 Å². The number of nitrogens with two attached hydrogens (primary N) is 1. The van der Waals surface area contributed by atoms with Gasteiger partial charge in [-0.15, -0.1) is 21.5 Å². The molecule has 2 aromatic carbocycles. The average Bonchev–Trinajstić information content (AvgIpc) is 3.46. The number of aryl methyl sites for hydroxylation is 1. The van der Waals surface area contributed by atoms with Crippen LogP contribution in [0.4, 0.5) is 5.82 Å². The molecule has 5 aromatic rings. The van der Waals surface area contributed by atoms with E-state index in [4.69, 9.17) is 25.3 Å². The zero-order valence-corrected chi connectivity index (χ0v) is 19.3. The lowest BCUT2D eigenvalue weighted by atomic mass is 10.1. The summed E-state index contributed by atoms with van der Waals surface area (Å²) in [7, 11) is 3.27. The number of nitrogen functional groups attached to an aromatic ring is 1. The third kappa shape index (κ3) is 3.81. The molecule has 3 heterocycles. The summed E-state index contributed by atoms with van der Waals surface area (Å²) in [5.41, 5.74) is 13.2. The minimum atomic E-state index is 0.314. The van der Waals surface area contributed by atoms with Crippen LogP contribution in [0, 0.1) is 6.92 Å². The maximum Gasteiger partial charge on any atom is 0.187 e. The van der Waals surface area contributed by atoms with Crippen LogP contribution < -0.4 is 10.5 Å². The molecule has 9 heteroatoms. The minimum absolute atomic E-state index is 0.314. The van der Waals surface area contributed by atoms with E-state index in [0.29, 0.717) is 28.8 Å². The number of aromatic nitrogens is 5. The van der Waals surface area contributed by atoms with Crippen molar-refractivity contribution in [2.24, 2.45) is 0 Å². The second-order valence-electron chi connectivity index (χ2n) is 7.56. The van der Waals surface area contributed by atoms with E-state index in [1.807, 2.05) is 29.6 Å². The quantitative estimate of drug-likeness (QED) is 0.396. The summed E-state index contributed by atoms with van der Waals surface area (Å²) in [6, 6.07) is 15.9. The Hall–Kier alpha value is -3.82. The molecule has 0 aliphatic carbocycles. The van der Waals surface area contributed by atoms with Crippen LogP contribution in [-0.2, 0) is 11.3 Å². The SMILES string of the molecule is COCc1nn2c(N)c(-c3nc(-c4ccc(C)cc4)cs3)nnc2c1-c1ccc(OC)cc1. The summed E-state index contributed by atoms with van der Waals surface area (Å²) in [6.45, 7) is 2.37. The molecule has 0 saturated carbocycles. The zero-order chi connectivity index (χ0) is 22.9. The van der Waals surface area contributed by atoms with E-state index in [1.54, 1.807) is 18.7 Å². The summed E-state index contributed by atoms with van der Waals surface area (Å²) >= 11 is 1.47. The number of nitrogens with zero attached hydrogens (tertiary/aromatic N) is 5. The summed E-state index contributed by atoms with van der Waals surface area (Å²) in [5.74, 6) is 1.14. The normalized spacial score (nSPS) is 11.2. The van der Waals surface area contributed by atoms with Gasteiger partial charge in [0.15, 0.2) is 17.2 Å². The number of anilines is 1. The van der Waals surface area contributed by atoms with Gasteiger partial charge >= 0.3 is 0 Å². The van der Waals surface area contributed by atoms with E-state index < -0.39 is 0 Å². The predicted molar refractivity (Wildman–Crippen MR) is 129 cm³/mol. The van der Waals surface area contributed by atoms with Gasteiger partial charge < -0.3 is 15.2 Å². The Morgan fingerprint density at radius 3 is 2.39 bits per heavy atom. The maximum atomic E-state index is 6.52. The third-order valence-corrected chi connectivity index (χ3v) is 6.21. The molecule has 0 unspecified atom stereocenters. The minimum Gasteiger partial charge on any atom is -0.497 e. The summed E-state index contributed by atoms with van der Waals surface area (Å²) in [5, 5.41) is 16.3. The van der Waals surface area contributed by atoms with Gasteiger partial charge in [-0.1, -0.05) is 42.0 Å². The van der Waals surface area contributed by atoms with Gasteiger partial charge in [0.2, 0.25) is 0 Å². The molecule has 0 bridgehead atoms. The second kappa shape index (κ2) is 8.61. The fourth-order valence-corrected chi connectivity index (χ4v) is 4.47. The van der Waals surface area contributed by atoms with E-state index in [9.17, 15) is 0 Å². The average molecular weight is 459 g/mol. The van der Waals surface area contributed by atoms with Crippen LogP contribution in [0.15, 0.2) is 53.9 Å². The highest BCUT2D eigenvalue weighted by atomic mass is 32.1. The Morgan fingerprint density at radius 1 is 0.970 bits per heavy atom. The van der Waals surface area contributed by atoms with Crippen molar-refractivity contribution in [2.45, 2.75) is 13.5 Å². The first-order valence-corrected chi connectivity index (χ1v) is 11.2. The molecule has 0 aliphatic heterocycles. The molecular weight excluding hydrogens is 436 g/mol. The van der Waals surface area contributed by atoms with E-state index in [0.717, 1.165) is 33.8 Å². The lowest BCUT2D eigenvalue weighted by Crippen LogP contribution is -2.05. The van der Waals surface area contributed by atoms with Gasteiger partial charge in [-0.05, 0) is 24.6 Å². The molecule has 0 aliphatic rings. The molecule has 0 radical (unpaired) electrons. The highest BCUT2D eigenvalue weighted by molar-refractivity contribution is 7.13. The van der Waals surface area contributed by atoms with E-state index >= 15 is 0 Å². The Morgan fingerprint density at radius 2 is 1.70 bits per heavy atom. The van der Waals surface area contributed by atoms with Crippen molar-refractivity contribution in [2.75, 3.05) is 20.0 Å². The molecule has 3 aromatic heterocycles. The molecule has 33 heavy (non-hydrogen) atoms. The first-order valence-electron chi connectivity index (χ1n) is 10.3. The van der Waals surface area contributed by atoms with Crippen LogP contribution in [0.2, 0.25) is 0 Å². The van der Waals surface area contributed by atoms with Gasteiger partial charge in [-0.3, -0.25) is 0 Å². The standard InChI is InChI=1S/C24H22N6O2S/c1-14-4-6-15(7-5-14)19-13-33-24(26-19)21-22(25)30-23(28-27-21)20(18(29-30)12-31-2)16-8-10-17(32-3)11-9-16/h4-11,13H,12,25H2,1-3H3. The highest BCUT2D eigenvalue weighted by Crippen LogP contribution is 2.34. The van der Waals surface area contributed by atoms with Crippen molar-refractivity contribution in [1.29, 1.82) is 0 Å². The molecule has 166 valence electrons. The molecular formula is C24H22N6O2S. The van der Waals surface area contributed by atoms with Crippen LogP contribution in [0.1, 0.15) is 11.3 Å². The molecule has 0 saturated heterocycles. The van der Waals surface area contributed by atoms with Crippen LogP contribution in [0.5, 0.6) is 5.75 Å². The largest absolute Gasteiger partial charge is 0.497 e. The topological polar surface area (TPSA) is 100 Å². The fraction of sp³-hybridized carbons (Fsp3) is 0.167. The molecule has 2 N–H and O–H groups in total. The Balaban J connectivity index is 1.60. The van der Waals surface area contributed by atoms with Crippen LogP contribution in [0.25, 0.3) is 38.7 Å². The monoisotopic (exact) mass is 458 g/mol. The van der Waals surface area contributed by atoms with E-state index in [-0.39, 0.29) is 0 Å². The summed E-state index contributed by atoms with van der Waals surface area (Å²) < 4.78 is 12.3. The number of methoxy groups -OCH3 is 2. The predicted octanol–water partition coefficient (Wildman–Crippen LogP) is 4.63. The number of rotatable bonds is 6. The lowest BCUT2D eigenvalue weighted by molar-refractivity contribution is 0.181. The van der Waals surface area contributed by atoms with Crippen molar-refractivity contribution in [3.63, 3.8) is 0 Å². The fourth-order valence-electron chi connectivity index (χ4n) is 3.65. The molecule has 8 nitrogen and oxygen atoms in total. The van der Waals surface area contributed by atoms with E-state index in [1.165, 1.54) is 16.9 Å². The van der Waals surface area contributed by atoms with Gasteiger partial charge in [-0.25, -0.2) is 4.98 Å². The number of hydrogen-bond acceptors (Lipinski definition) is 8. The van der Waals surface area contributed by atoms with Gasteiger partial charge in [0.05, 0.1) is 30.7 Å². The first-order chi connectivity index (χ1) is 16.1. The maximum absolute atomic E-state index is 6.52. The number of benzene rings is 2. The van der Waals surface area contributed by atoms with Gasteiger partial charge in [0.1, 0.15) is 10.8 Å². The number of ether oxygens (including phenoxy) is 2. The van der Waals surface area contributed by atoms with E-state index in [2.05, 4.69) is 41.4 Å². The van der Waals surface area contributed by atoms with Crippen molar-refractivity contribution >= 4 is 22.8 Å². The zero-order valence-electron chi connectivity index (χ0n) is 18.4. The lowest BCUT2D eigenvalue weighted by Gasteiger charge is -2.05. The Labute approximate surface area is 194 Å². The number of fused-ring (bicyclic) bond motifs is 1. The van der Waals surface area contributed by atoms with Crippen molar-refractivity contribution < 1.29 is 9.47 Å². The van der Waals surface area contributed by atoms with Gasteiger partial charge in [-0.2, -0.15) is 9.61 Å². The number of thiazole rings is 1. The highest BCUT2D eigenvalue weighted by Gasteiger charge is 2.21. The smallest absolute Gasteiger partial charge is 0.187 e. The molecule has 0 spiro atoms. The van der Waals surface area contributed by atoms with Crippen molar-refractivity contribution in [1.82, 2.24) is 24.8 Å². The number of hydrogen-bond donors (Lipinski definition) is 1. The summed E-state index contributed by atoms with van der Waals surface area (Å²) in [4.78, 5) is 4.75. The van der Waals surface area contributed by atoms with Crippen molar-refractivity contribution in [3.8, 4) is 38.8 Å². The first kappa shape index (κ1) is 21.0. The summed E-state index contributed by atoms with van der Waals surface area (Å²) in [6.07, 6.45) is 0. The molecule has 5 rings (SSSR count). The van der Waals surface area contributed by atoms with Gasteiger partial charge in [0.25, 0.3) is 0 Å². The Bertz CT molecular complexity index is 1420. The molecule has 0 fully saturated rings. The van der Waals surface area contributed by atoms with Crippen LogP contribution in [0.3, 0.4) is 0 Å². The second-order valence-corrected chi connectivity index (χ2v) is 8.41. The molecule has 0 atom stereocenters. The van der Waals surface area contributed by atoms with Crippen LogP contribution in [-0.4, -0.2) is 39.0 Å². The van der Waals surface area contributed by atoms with Crippen molar-refractivity contribution in [3.05, 3.63) is 65.2 Å². The Kier molecular flexibility index (Phi) is 5.49. The third-order valence-electron chi connectivity index (χ3n) is 5.36. The molecule has 0 amide bonds. The van der Waals surface area contributed by atoms with Crippen LogP contribution >= 0.6 is 11.3 Å².